The molecule has 0 spiro atoms. The van der Waals surface area contributed by atoms with Crippen molar-refractivity contribution in [2.75, 3.05) is 12.0 Å². The van der Waals surface area contributed by atoms with Gasteiger partial charge in [-0.15, -0.1) is 0 Å². The molecular weight excluding hydrogens is 385 g/mol. The Morgan fingerprint density at radius 3 is 2.52 bits per heavy atom. The van der Waals surface area contributed by atoms with Crippen LogP contribution in [0.4, 0.5) is 5.82 Å². The standard InChI is InChI=1S/C20H17Cl2N3O2/c1-2-27-20(26)14-11-18(13-7-4-3-5-8-13)24-19(14)25-23-12-15-16(21)9-6-10-17(15)22/h3-12,24-25H,2H2,1H3/b23-12+. The van der Waals surface area contributed by atoms with Gasteiger partial charge in [-0.2, -0.15) is 5.10 Å². The van der Waals surface area contributed by atoms with Gasteiger partial charge in [0.1, 0.15) is 11.4 Å². The summed E-state index contributed by atoms with van der Waals surface area (Å²) in [6.07, 6.45) is 1.50. The van der Waals surface area contributed by atoms with E-state index in [0.717, 1.165) is 11.3 Å². The summed E-state index contributed by atoms with van der Waals surface area (Å²) in [5.41, 5.74) is 5.49. The van der Waals surface area contributed by atoms with Gasteiger partial charge in [0.05, 0.1) is 22.9 Å². The van der Waals surface area contributed by atoms with Crippen molar-refractivity contribution in [1.29, 1.82) is 0 Å². The number of esters is 1. The van der Waals surface area contributed by atoms with E-state index < -0.39 is 5.97 Å². The number of hydrogen-bond donors (Lipinski definition) is 2. The summed E-state index contributed by atoms with van der Waals surface area (Å²) >= 11 is 12.3. The van der Waals surface area contributed by atoms with Crippen LogP contribution < -0.4 is 5.43 Å². The van der Waals surface area contributed by atoms with E-state index in [4.69, 9.17) is 27.9 Å². The molecule has 0 saturated heterocycles. The van der Waals surface area contributed by atoms with Crippen LogP contribution in [0.3, 0.4) is 0 Å². The lowest BCUT2D eigenvalue weighted by atomic mass is 10.1. The molecule has 138 valence electrons. The highest BCUT2D eigenvalue weighted by atomic mass is 35.5. The molecule has 27 heavy (non-hydrogen) atoms. The van der Waals surface area contributed by atoms with Crippen molar-refractivity contribution in [2.45, 2.75) is 6.92 Å². The van der Waals surface area contributed by atoms with E-state index in [2.05, 4.69) is 15.5 Å². The van der Waals surface area contributed by atoms with Crippen LogP contribution in [-0.4, -0.2) is 23.8 Å². The van der Waals surface area contributed by atoms with Gasteiger partial charge in [0, 0.05) is 11.3 Å². The fourth-order valence-corrected chi connectivity index (χ4v) is 2.98. The molecule has 1 heterocycles. The average Bonchev–Trinajstić information content (AvgIpc) is 3.09. The number of halogens is 2. The first-order valence-corrected chi connectivity index (χ1v) is 9.04. The van der Waals surface area contributed by atoms with Gasteiger partial charge in [0.2, 0.25) is 0 Å². The molecule has 7 heteroatoms. The number of ether oxygens (including phenoxy) is 1. The lowest BCUT2D eigenvalue weighted by Gasteiger charge is -2.04. The first-order valence-electron chi connectivity index (χ1n) is 8.28. The van der Waals surface area contributed by atoms with E-state index in [9.17, 15) is 4.79 Å². The second kappa shape index (κ2) is 8.75. The van der Waals surface area contributed by atoms with Gasteiger partial charge < -0.3 is 9.72 Å². The van der Waals surface area contributed by atoms with Crippen molar-refractivity contribution in [3.63, 3.8) is 0 Å². The van der Waals surface area contributed by atoms with Gasteiger partial charge in [0.25, 0.3) is 0 Å². The van der Waals surface area contributed by atoms with Crippen LogP contribution in [0.1, 0.15) is 22.8 Å². The summed E-state index contributed by atoms with van der Waals surface area (Å²) in [6.45, 7) is 2.04. The molecule has 0 amide bonds. The number of nitrogens with one attached hydrogen (secondary N) is 2. The average molecular weight is 402 g/mol. The topological polar surface area (TPSA) is 66.5 Å². The molecule has 0 aliphatic heterocycles. The number of aromatic nitrogens is 1. The Balaban J connectivity index is 1.90. The summed E-state index contributed by atoms with van der Waals surface area (Å²) in [5.74, 6) is -0.0175. The van der Waals surface area contributed by atoms with Gasteiger partial charge in [-0.05, 0) is 30.7 Å². The third-order valence-electron chi connectivity index (χ3n) is 3.77. The zero-order chi connectivity index (χ0) is 19.2. The van der Waals surface area contributed by atoms with Crippen molar-refractivity contribution < 1.29 is 9.53 Å². The summed E-state index contributed by atoms with van der Waals surface area (Å²) in [7, 11) is 0. The van der Waals surface area contributed by atoms with Gasteiger partial charge in [-0.3, -0.25) is 5.43 Å². The van der Waals surface area contributed by atoms with Gasteiger partial charge in [-0.1, -0.05) is 59.6 Å². The number of aromatic amines is 1. The predicted octanol–water partition coefficient (Wildman–Crippen LogP) is 5.61. The van der Waals surface area contributed by atoms with E-state index >= 15 is 0 Å². The van der Waals surface area contributed by atoms with Crippen molar-refractivity contribution in [3.8, 4) is 11.3 Å². The number of nitrogens with zero attached hydrogens (tertiary/aromatic N) is 1. The van der Waals surface area contributed by atoms with Crippen LogP contribution in [-0.2, 0) is 4.74 Å². The van der Waals surface area contributed by atoms with Crippen LogP contribution in [0.2, 0.25) is 10.0 Å². The molecule has 2 aromatic carbocycles. The largest absolute Gasteiger partial charge is 0.462 e. The number of hydrogen-bond acceptors (Lipinski definition) is 4. The minimum atomic E-state index is -0.440. The number of carbonyl (C=O) groups excluding carboxylic acids is 1. The summed E-state index contributed by atoms with van der Waals surface area (Å²) < 4.78 is 5.13. The molecule has 1 aromatic heterocycles. The van der Waals surface area contributed by atoms with Gasteiger partial charge in [0.15, 0.2) is 0 Å². The minimum absolute atomic E-state index is 0.280. The molecule has 0 atom stereocenters. The quantitative estimate of drug-likeness (QED) is 0.320. The third-order valence-corrected chi connectivity index (χ3v) is 4.43. The first-order chi connectivity index (χ1) is 13.1. The Labute approximate surface area is 167 Å². The second-order valence-corrected chi connectivity index (χ2v) is 6.38. The van der Waals surface area contributed by atoms with E-state index in [1.807, 2.05) is 30.3 Å². The molecule has 2 N–H and O–H groups in total. The maximum Gasteiger partial charge on any atom is 0.341 e. The highest BCUT2D eigenvalue weighted by molar-refractivity contribution is 6.38. The number of hydrazone groups is 1. The van der Waals surface area contributed by atoms with Crippen molar-refractivity contribution in [2.24, 2.45) is 5.10 Å². The molecule has 0 fully saturated rings. The fraction of sp³-hybridized carbons (Fsp3) is 0.100. The Morgan fingerprint density at radius 2 is 1.85 bits per heavy atom. The first kappa shape index (κ1) is 19.0. The molecule has 0 radical (unpaired) electrons. The Morgan fingerprint density at radius 1 is 1.15 bits per heavy atom. The number of rotatable bonds is 6. The number of benzene rings is 2. The smallest absolute Gasteiger partial charge is 0.341 e. The SMILES string of the molecule is CCOC(=O)c1cc(-c2ccccc2)[nH]c1N/N=C/c1c(Cl)cccc1Cl. The van der Waals surface area contributed by atoms with Crippen LogP contribution in [0.5, 0.6) is 0 Å². The van der Waals surface area contributed by atoms with Crippen LogP contribution in [0.15, 0.2) is 59.7 Å². The van der Waals surface area contributed by atoms with Crippen molar-refractivity contribution in [1.82, 2.24) is 4.98 Å². The Hall–Kier alpha value is -2.76. The fourth-order valence-electron chi connectivity index (χ4n) is 2.48. The summed E-state index contributed by atoms with van der Waals surface area (Å²) in [4.78, 5) is 15.4. The molecule has 3 aromatic rings. The molecule has 0 saturated carbocycles. The molecule has 0 bridgehead atoms. The Bertz CT molecular complexity index is 948. The van der Waals surface area contributed by atoms with Crippen molar-refractivity contribution >= 4 is 41.2 Å². The minimum Gasteiger partial charge on any atom is -0.462 e. The van der Waals surface area contributed by atoms with Crippen molar-refractivity contribution in [3.05, 3.63) is 75.8 Å². The zero-order valence-corrected chi connectivity index (χ0v) is 16.0. The Kier molecular flexibility index (Phi) is 6.16. The van der Waals surface area contributed by atoms with Crippen LogP contribution >= 0.6 is 23.2 Å². The number of carbonyl (C=O) groups is 1. The van der Waals surface area contributed by atoms with Gasteiger partial charge in [-0.25, -0.2) is 4.79 Å². The molecule has 0 aliphatic rings. The zero-order valence-electron chi connectivity index (χ0n) is 14.5. The van der Waals surface area contributed by atoms with E-state index in [0.29, 0.717) is 27.0 Å². The molecule has 5 nitrogen and oxygen atoms in total. The lowest BCUT2D eigenvalue weighted by Crippen LogP contribution is -2.06. The number of H-pyrrole nitrogens is 1. The normalized spacial score (nSPS) is 10.9. The van der Waals surface area contributed by atoms with Crippen LogP contribution in [0, 0.1) is 0 Å². The second-order valence-electron chi connectivity index (χ2n) is 5.56. The summed E-state index contributed by atoms with van der Waals surface area (Å²) in [5, 5.41) is 5.12. The maximum atomic E-state index is 12.3. The highest BCUT2D eigenvalue weighted by Gasteiger charge is 2.17. The molecule has 3 rings (SSSR count). The number of anilines is 1. The van der Waals surface area contributed by atoms with E-state index in [1.54, 1.807) is 31.2 Å². The van der Waals surface area contributed by atoms with E-state index in [-0.39, 0.29) is 6.61 Å². The van der Waals surface area contributed by atoms with E-state index in [1.165, 1.54) is 6.21 Å². The predicted molar refractivity (Wildman–Crippen MR) is 110 cm³/mol. The maximum absolute atomic E-state index is 12.3. The molecular formula is C20H17Cl2N3O2. The molecule has 0 aliphatic carbocycles. The third kappa shape index (κ3) is 4.51. The molecule has 0 unspecified atom stereocenters. The highest BCUT2D eigenvalue weighted by Crippen LogP contribution is 2.26. The summed E-state index contributed by atoms with van der Waals surface area (Å²) in [6, 6.07) is 16.6. The lowest BCUT2D eigenvalue weighted by molar-refractivity contribution is 0.0527. The van der Waals surface area contributed by atoms with Gasteiger partial charge >= 0.3 is 5.97 Å². The van der Waals surface area contributed by atoms with Crippen LogP contribution in [0.25, 0.3) is 11.3 Å². The monoisotopic (exact) mass is 401 g/mol.